The molecule has 0 amide bonds. The Morgan fingerprint density at radius 1 is 0.686 bits per heavy atom. The molecule has 0 radical (unpaired) electrons. The summed E-state index contributed by atoms with van der Waals surface area (Å²) in [6.45, 7) is 6.99. The van der Waals surface area contributed by atoms with Crippen LogP contribution < -0.4 is 9.80 Å². The highest BCUT2D eigenvalue weighted by atomic mass is 15.4. The number of nitrogens with zero attached hydrogens (tertiary/aromatic N) is 6. The molecule has 6 rings (SSSR count). The van der Waals surface area contributed by atoms with Crippen LogP contribution in [0.15, 0.2) is 83.0 Å². The maximum atomic E-state index is 4.71. The largest absolute Gasteiger partial charge is 0.349 e. The van der Waals surface area contributed by atoms with Gasteiger partial charge in [0.25, 0.3) is 0 Å². The first-order valence-electron chi connectivity index (χ1n) is 11.8. The van der Waals surface area contributed by atoms with Gasteiger partial charge in [0.2, 0.25) is 0 Å². The molecule has 35 heavy (non-hydrogen) atoms. The molecule has 0 N–H and O–H groups in total. The predicted molar refractivity (Wildman–Crippen MR) is 143 cm³/mol. The molecule has 2 aliphatic heterocycles. The topological polar surface area (TPSA) is 57.0 Å². The number of fused-ring (bicyclic) bond motifs is 6. The molecule has 6 nitrogen and oxygen atoms in total. The Bertz CT molecular complexity index is 1330. The molecule has 2 aliphatic rings. The van der Waals surface area contributed by atoms with E-state index in [4.69, 9.17) is 9.98 Å². The van der Waals surface area contributed by atoms with E-state index in [1.54, 1.807) is 12.4 Å². The van der Waals surface area contributed by atoms with Crippen molar-refractivity contribution in [3.8, 4) is 0 Å². The standard InChI is InChI=1S/C29H26N6/c1-20-11-26(32-15-24-7-3-5-9-30-24)13-22-17-35-19-34(28(20)22)18-23-14-27(12-21(2)29(23)35)33-16-25-8-4-6-10-31-25/h3-16H,17-19H2,1-2H3. The van der Waals surface area contributed by atoms with E-state index in [2.05, 4.69) is 57.9 Å². The molecule has 172 valence electrons. The number of hydrogen-bond acceptors (Lipinski definition) is 6. The van der Waals surface area contributed by atoms with E-state index in [0.717, 1.165) is 42.5 Å². The molecule has 2 bridgehead atoms. The van der Waals surface area contributed by atoms with Crippen LogP contribution in [0.3, 0.4) is 0 Å². The molecule has 2 aromatic carbocycles. The van der Waals surface area contributed by atoms with E-state index < -0.39 is 0 Å². The number of aromatic nitrogens is 2. The third-order valence-corrected chi connectivity index (χ3v) is 6.49. The number of aryl methyl sites for hydroxylation is 2. The highest BCUT2D eigenvalue weighted by molar-refractivity contribution is 5.82. The summed E-state index contributed by atoms with van der Waals surface area (Å²) in [5.74, 6) is 0. The van der Waals surface area contributed by atoms with Gasteiger partial charge in [-0.25, -0.2) is 0 Å². The number of benzene rings is 2. The molecule has 0 unspecified atom stereocenters. The summed E-state index contributed by atoms with van der Waals surface area (Å²) in [6, 6.07) is 20.5. The smallest absolute Gasteiger partial charge is 0.0910 e. The summed E-state index contributed by atoms with van der Waals surface area (Å²) in [4.78, 5) is 23.0. The van der Waals surface area contributed by atoms with Gasteiger partial charge in [-0.1, -0.05) is 12.1 Å². The number of aliphatic imine (C=N–C) groups is 2. The van der Waals surface area contributed by atoms with Gasteiger partial charge in [-0.05, 0) is 84.6 Å². The minimum Gasteiger partial charge on any atom is -0.349 e. The molecular formula is C29H26N6. The Hall–Kier alpha value is -4.32. The molecule has 0 saturated carbocycles. The van der Waals surface area contributed by atoms with Crippen molar-refractivity contribution in [3.05, 3.63) is 107 Å². The average Bonchev–Trinajstić information content (AvgIpc) is 2.87. The highest BCUT2D eigenvalue weighted by Crippen LogP contribution is 2.43. The summed E-state index contributed by atoms with van der Waals surface area (Å²) in [6.07, 6.45) is 7.24. The van der Waals surface area contributed by atoms with Crippen LogP contribution >= 0.6 is 0 Å². The van der Waals surface area contributed by atoms with Crippen LogP contribution in [0.25, 0.3) is 0 Å². The maximum Gasteiger partial charge on any atom is 0.0910 e. The first kappa shape index (κ1) is 21.2. The Balaban J connectivity index is 1.31. The second kappa shape index (κ2) is 8.80. The first-order valence-corrected chi connectivity index (χ1v) is 11.8. The monoisotopic (exact) mass is 458 g/mol. The van der Waals surface area contributed by atoms with Gasteiger partial charge >= 0.3 is 0 Å². The van der Waals surface area contributed by atoms with E-state index in [1.807, 2.05) is 48.8 Å². The van der Waals surface area contributed by atoms with Crippen LogP contribution in [0, 0.1) is 13.8 Å². The minimum atomic E-state index is 0.860. The second-order valence-corrected chi connectivity index (χ2v) is 9.10. The van der Waals surface area contributed by atoms with Crippen molar-refractivity contribution in [1.29, 1.82) is 0 Å². The predicted octanol–water partition coefficient (Wildman–Crippen LogP) is 5.89. The fourth-order valence-electron chi connectivity index (χ4n) is 5.16. The lowest BCUT2D eigenvalue weighted by Crippen LogP contribution is -2.46. The third kappa shape index (κ3) is 4.19. The summed E-state index contributed by atoms with van der Waals surface area (Å²) in [5.41, 5.74) is 11.4. The van der Waals surface area contributed by atoms with Gasteiger partial charge in [0.15, 0.2) is 0 Å². The van der Waals surface area contributed by atoms with Gasteiger partial charge in [0, 0.05) is 36.9 Å². The zero-order valence-electron chi connectivity index (χ0n) is 19.9. The maximum absolute atomic E-state index is 4.71. The van der Waals surface area contributed by atoms with E-state index >= 15 is 0 Å². The number of anilines is 2. The molecule has 6 heteroatoms. The van der Waals surface area contributed by atoms with Crippen molar-refractivity contribution < 1.29 is 0 Å². The zero-order valence-corrected chi connectivity index (χ0v) is 19.9. The van der Waals surface area contributed by atoms with Crippen LogP contribution in [0.4, 0.5) is 22.7 Å². The number of hydrogen-bond donors (Lipinski definition) is 0. The van der Waals surface area contributed by atoms with E-state index in [1.165, 1.54) is 33.6 Å². The van der Waals surface area contributed by atoms with Gasteiger partial charge in [-0.15, -0.1) is 0 Å². The Morgan fingerprint density at radius 3 is 1.60 bits per heavy atom. The molecule has 0 saturated heterocycles. The fourth-order valence-corrected chi connectivity index (χ4v) is 5.16. The van der Waals surface area contributed by atoms with Gasteiger partial charge in [0.05, 0.1) is 41.9 Å². The van der Waals surface area contributed by atoms with Crippen LogP contribution in [-0.4, -0.2) is 29.1 Å². The van der Waals surface area contributed by atoms with Gasteiger partial charge in [0.1, 0.15) is 0 Å². The van der Waals surface area contributed by atoms with Gasteiger partial charge < -0.3 is 9.80 Å². The van der Waals surface area contributed by atoms with Crippen molar-refractivity contribution in [2.24, 2.45) is 9.98 Å². The third-order valence-electron chi connectivity index (χ3n) is 6.49. The van der Waals surface area contributed by atoms with Crippen molar-refractivity contribution in [2.75, 3.05) is 16.5 Å². The molecule has 4 aromatic rings. The molecular weight excluding hydrogens is 432 g/mol. The molecule has 0 aliphatic carbocycles. The quantitative estimate of drug-likeness (QED) is 0.358. The summed E-state index contributed by atoms with van der Waals surface area (Å²) >= 11 is 0. The van der Waals surface area contributed by atoms with Crippen molar-refractivity contribution in [1.82, 2.24) is 9.97 Å². The summed E-state index contributed by atoms with van der Waals surface area (Å²) < 4.78 is 0. The summed E-state index contributed by atoms with van der Waals surface area (Å²) in [7, 11) is 0. The molecule has 0 atom stereocenters. The lowest BCUT2D eigenvalue weighted by atomic mass is 9.96. The SMILES string of the molecule is Cc1cc(N=Cc2ccccn2)cc2c1N1Cc3cc(N=Cc4ccccn4)cc(C)c3N(C2)C1. The number of pyridine rings is 2. The second-order valence-electron chi connectivity index (χ2n) is 9.10. The Kier molecular flexibility index (Phi) is 5.34. The van der Waals surface area contributed by atoms with E-state index in [9.17, 15) is 0 Å². The van der Waals surface area contributed by atoms with E-state index in [0.29, 0.717) is 0 Å². The Morgan fingerprint density at radius 2 is 1.17 bits per heavy atom. The minimum absolute atomic E-state index is 0.860. The molecule has 0 fully saturated rings. The van der Waals surface area contributed by atoms with Crippen LogP contribution in [0.1, 0.15) is 33.6 Å². The van der Waals surface area contributed by atoms with Crippen LogP contribution in [0.2, 0.25) is 0 Å². The fraction of sp³-hybridized carbons (Fsp3) is 0.172. The lowest BCUT2D eigenvalue weighted by Gasteiger charge is -2.46. The van der Waals surface area contributed by atoms with Crippen molar-refractivity contribution in [2.45, 2.75) is 26.9 Å². The molecule has 2 aromatic heterocycles. The van der Waals surface area contributed by atoms with Crippen molar-refractivity contribution in [3.63, 3.8) is 0 Å². The molecule has 4 heterocycles. The van der Waals surface area contributed by atoms with Crippen LogP contribution in [-0.2, 0) is 13.1 Å². The lowest BCUT2D eigenvalue weighted by molar-refractivity contribution is 0.647. The normalized spacial score (nSPS) is 14.5. The van der Waals surface area contributed by atoms with Gasteiger partial charge in [-0.2, -0.15) is 0 Å². The average molecular weight is 459 g/mol. The van der Waals surface area contributed by atoms with Crippen molar-refractivity contribution >= 4 is 35.2 Å². The summed E-state index contributed by atoms with van der Waals surface area (Å²) in [5, 5.41) is 0. The Labute approximate surface area is 205 Å². The van der Waals surface area contributed by atoms with E-state index in [-0.39, 0.29) is 0 Å². The van der Waals surface area contributed by atoms with Crippen LogP contribution in [0.5, 0.6) is 0 Å². The molecule has 0 spiro atoms. The highest BCUT2D eigenvalue weighted by Gasteiger charge is 2.31. The van der Waals surface area contributed by atoms with Gasteiger partial charge in [-0.3, -0.25) is 20.0 Å². The zero-order chi connectivity index (χ0) is 23.8. The number of rotatable bonds is 4. The first-order chi connectivity index (χ1) is 17.1.